The molecule has 27 heavy (non-hydrogen) atoms. The molecule has 5 atom stereocenters. The lowest BCUT2D eigenvalue weighted by molar-refractivity contribution is -0.276. The average Bonchev–Trinajstić information content (AvgIpc) is 2.69. The second-order valence-corrected chi connectivity index (χ2v) is 6.19. The number of carbonyl (C=O) groups excluding carboxylic acids is 2. The Balaban J connectivity index is 1.80. The first-order valence-corrected chi connectivity index (χ1v) is 8.51. The number of ether oxygens (including phenoxy) is 3. The van der Waals surface area contributed by atoms with Crippen LogP contribution in [0.5, 0.6) is 0 Å². The van der Waals surface area contributed by atoms with Gasteiger partial charge < -0.3 is 24.4 Å². The molecule has 1 fully saturated rings. The van der Waals surface area contributed by atoms with Crippen LogP contribution in [0, 0.1) is 0 Å². The Morgan fingerprint density at radius 2 is 1.26 bits per heavy atom. The van der Waals surface area contributed by atoms with E-state index < -0.39 is 42.6 Å². The Morgan fingerprint density at radius 1 is 0.815 bits per heavy atom. The monoisotopic (exact) mass is 372 g/mol. The zero-order valence-corrected chi connectivity index (χ0v) is 14.6. The van der Waals surface area contributed by atoms with Gasteiger partial charge in [0.25, 0.3) is 0 Å². The molecule has 0 spiro atoms. The van der Waals surface area contributed by atoms with Gasteiger partial charge in [-0.15, -0.1) is 0 Å². The number of aliphatic hydroxyl groups excluding tert-OH is 2. The van der Waals surface area contributed by atoms with E-state index in [0.29, 0.717) is 5.56 Å². The molecule has 0 aliphatic carbocycles. The first-order chi connectivity index (χ1) is 13.0. The van der Waals surface area contributed by atoms with Crippen LogP contribution in [0.1, 0.15) is 27.6 Å². The van der Waals surface area contributed by atoms with Crippen molar-refractivity contribution in [2.45, 2.75) is 37.6 Å². The number of hydrogen-bond donors (Lipinski definition) is 2. The number of hydrogen-bond acceptors (Lipinski definition) is 7. The lowest BCUT2D eigenvalue weighted by Gasteiger charge is -2.40. The van der Waals surface area contributed by atoms with Crippen LogP contribution in [0.25, 0.3) is 0 Å². The third-order valence-electron chi connectivity index (χ3n) is 4.27. The molecule has 0 amide bonds. The molecule has 1 saturated heterocycles. The number of benzene rings is 2. The quantitative estimate of drug-likeness (QED) is 0.785. The highest BCUT2D eigenvalue weighted by Crippen LogP contribution is 2.26. The molecule has 0 unspecified atom stereocenters. The third kappa shape index (κ3) is 4.33. The Bertz CT molecular complexity index is 777. The molecule has 0 radical (unpaired) electrons. The maximum atomic E-state index is 12.4. The van der Waals surface area contributed by atoms with Crippen LogP contribution in [-0.4, -0.2) is 52.9 Å². The van der Waals surface area contributed by atoms with Crippen LogP contribution in [0.15, 0.2) is 60.7 Å². The standard InChI is InChI=1S/C20H20O7/c1-12-16(26-18(22)13-8-4-2-5-9-13)17(15(21)20(24)25-12)27-19(23)14-10-6-3-7-11-14/h2-12,15-17,20-21,24H,1H3/t12-,15-,16+,17-,20+/m0/s1. The van der Waals surface area contributed by atoms with Crippen LogP contribution >= 0.6 is 0 Å². The van der Waals surface area contributed by atoms with Gasteiger partial charge in [-0.05, 0) is 31.2 Å². The summed E-state index contributed by atoms with van der Waals surface area (Å²) in [5.41, 5.74) is 0.574. The molecule has 1 aliphatic rings. The van der Waals surface area contributed by atoms with Crippen molar-refractivity contribution < 1.29 is 34.0 Å². The third-order valence-corrected chi connectivity index (χ3v) is 4.27. The predicted octanol–water partition coefficient (Wildman–Crippen LogP) is 1.54. The molecular weight excluding hydrogens is 352 g/mol. The van der Waals surface area contributed by atoms with Gasteiger partial charge in [0.2, 0.25) is 0 Å². The summed E-state index contributed by atoms with van der Waals surface area (Å²) in [6.07, 6.45) is -6.32. The van der Waals surface area contributed by atoms with E-state index >= 15 is 0 Å². The number of aliphatic hydroxyl groups is 2. The molecule has 0 bridgehead atoms. The smallest absolute Gasteiger partial charge is 0.338 e. The van der Waals surface area contributed by atoms with Gasteiger partial charge in [0.1, 0.15) is 6.10 Å². The molecule has 0 saturated carbocycles. The fourth-order valence-corrected chi connectivity index (χ4v) is 2.83. The summed E-state index contributed by atoms with van der Waals surface area (Å²) in [6.45, 7) is 1.56. The fraction of sp³-hybridized carbons (Fsp3) is 0.300. The Morgan fingerprint density at radius 3 is 1.74 bits per heavy atom. The van der Waals surface area contributed by atoms with E-state index in [1.165, 1.54) is 0 Å². The van der Waals surface area contributed by atoms with Crippen molar-refractivity contribution in [3.8, 4) is 0 Å². The molecule has 7 nitrogen and oxygen atoms in total. The lowest BCUT2D eigenvalue weighted by Crippen LogP contribution is -2.59. The maximum Gasteiger partial charge on any atom is 0.338 e. The van der Waals surface area contributed by atoms with Gasteiger partial charge in [-0.1, -0.05) is 36.4 Å². The molecule has 2 aromatic rings. The van der Waals surface area contributed by atoms with Gasteiger partial charge in [0.15, 0.2) is 18.5 Å². The SMILES string of the molecule is C[C@@H]1O[C@@H](O)[C@@H](O)[C@H](OC(=O)c2ccccc2)[C@@H]1OC(=O)c1ccccc1. The summed E-state index contributed by atoms with van der Waals surface area (Å²) in [4.78, 5) is 24.8. The van der Waals surface area contributed by atoms with Gasteiger partial charge in [0.05, 0.1) is 17.2 Å². The summed E-state index contributed by atoms with van der Waals surface area (Å²) in [5.74, 6) is -1.36. The van der Waals surface area contributed by atoms with E-state index in [0.717, 1.165) is 0 Å². The summed E-state index contributed by atoms with van der Waals surface area (Å²) >= 11 is 0. The molecule has 7 heteroatoms. The molecule has 1 heterocycles. The van der Waals surface area contributed by atoms with Crippen molar-refractivity contribution in [2.24, 2.45) is 0 Å². The fourth-order valence-electron chi connectivity index (χ4n) is 2.83. The minimum atomic E-state index is -1.57. The minimum absolute atomic E-state index is 0.270. The maximum absolute atomic E-state index is 12.4. The van der Waals surface area contributed by atoms with Crippen molar-refractivity contribution in [1.29, 1.82) is 0 Å². The second-order valence-electron chi connectivity index (χ2n) is 6.19. The highest BCUT2D eigenvalue weighted by atomic mass is 16.7. The number of rotatable bonds is 4. The highest BCUT2D eigenvalue weighted by Gasteiger charge is 2.47. The van der Waals surface area contributed by atoms with Crippen molar-refractivity contribution in [3.63, 3.8) is 0 Å². The molecule has 1 aliphatic heterocycles. The summed E-state index contributed by atoms with van der Waals surface area (Å²) in [6, 6.07) is 16.5. The van der Waals surface area contributed by atoms with Gasteiger partial charge >= 0.3 is 11.9 Å². The summed E-state index contributed by atoms with van der Waals surface area (Å²) in [7, 11) is 0. The highest BCUT2D eigenvalue weighted by molar-refractivity contribution is 5.90. The lowest BCUT2D eigenvalue weighted by atomic mass is 9.99. The van der Waals surface area contributed by atoms with Gasteiger partial charge in [-0.2, -0.15) is 0 Å². The summed E-state index contributed by atoms with van der Waals surface area (Å²) < 4.78 is 16.0. The van der Waals surface area contributed by atoms with Gasteiger partial charge in [0, 0.05) is 0 Å². The molecule has 0 aromatic heterocycles. The van der Waals surface area contributed by atoms with Crippen molar-refractivity contribution in [2.75, 3.05) is 0 Å². The summed E-state index contributed by atoms with van der Waals surface area (Å²) in [5, 5.41) is 20.1. The molecular formula is C20H20O7. The number of esters is 2. The number of carbonyl (C=O) groups is 2. The Hall–Kier alpha value is -2.74. The predicted molar refractivity (Wildman–Crippen MR) is 93.9 cm³/mol. The van der Waals surface area contributed by atoms with E-state index in [4.69, 9.17) is 14.2 Å². The van der Waals surface area contributed by atoms with Gasteiger partial charge in [-0.3, -0.25) is 0 Å². The Labute approximate surface area is 156 Å². The van der Waals surface area contributed by atoms with Crippen LogP contribution in [0.4, 0.5) is 0 Å². The van der Waals surface area contributed by atoms with Crippen LogP contribution < -0.4 is 0 Å². The van der Waals surface area contributed by atoms with E-state index in [9.17, 15) is 19.8 Å². The molecule has 2 aromatic carbocycles. The van der Waals surface area contributed by atoms with Gasteiger partial charge in [-0.25, -0.2) is 9.59 Å². The van der Waals surface area contributed by atoms with Crippen molar-refractivity contribution in [3.05, 3.63) is 71.8 Å². The van der Waals surface area contributed by atoms with E-state index in [1.807, 2.05) is 0 Å². The molecule has 2 N–H and O–H groups in total. The minimum Gasteiger partial charge on any atom is -0.452 e. The average molecular weight is 372 g/mol. The second kappa shape index (κ2) is 8.30. The topological polar surface area (TPSA) is 102 Å². The van der Waals surface area contributed by atoms with Crippen LogP contribution in [0.3, 0.4) is 0 Å². The van der Waals surface area contributed by atoms with E-state index in [1.54, 1.807) is 67.6 Å². The Kier molecular flexibility index (Phi) is 5.85. The van der Waals surface area contributed by atoms with Crippen LogP contribution in [-0.2, 0) is 14.2 Å². The molecule has 3 rings (SSSR count). The normalized spacial score (nSPS) is 27.6. The molecule has 142 valence electrons. The van der Waals surface area contributed by atoms with Crippen LogP contribution in [0.2, 0.25) is 0 Å². The first kappa shape index (κ1) is 19.0. The van der Waals surface area contributed by atoms with E-state index in [-0.39, 0.29) is 5.56 Å². The zero-order valence-electron chi connectivity index (χ0n) is 14.6. The van der Waals surface area contributed by atoms with Crippen molar-refractivity contribution in [1.82, 2.24) is 0 Å². The van der Waals surface area contributed by atoms with Crippen molar-refractivity contribution >= 4 is 11.9 Å². The first-order valence-electron chi connectivity index (χ1n) is 8.51. The largest absolute Gasteiger partial charge is 0.452 e. The zero-order chi connectivity index (χ0) is 19.4. The van der Waals surface area contributed by atoms with E-state index in [2.05, 4.69) is 0 Å².